The van der Waals surface area contributed by atoms with Gasteiger partial charge in [0.15, 0.2) is 0 Å². The second-order valence-electron chi connectivity index (χ2n) is 6.18. The van der Waals surface area contributed by atoms with Crippen LogP contribution in [0.5, 0.6) is 11.5 Å². The highest BCUT2D eigenvalue weighted by Crippen LogP contribution is 2.22. The molecule has 0 N–H and O–H groups in total. The summed E-state index contributed by atoms with van der Waals surface area (Å²) in [5, 5.41) is 0. The van der Waals surface area contributed by atoms with Crippen LogP contribution in [0.1, 0.15) is 79.1 Å². The standard InChI is InChI=1S/C22H34O2/c1-5-9-12-19(7-3)17-23-21-14-11-15-22(16-21)24-18-20(8-4)13-10-6-2/h11,14-18H,5-10,12-13H2,1-4H3. The van der Waals surface area contributed by atoms with Crippen LogP contribution >= 0.6 is 0 Å². The Bertz CT molecular complexity index is 471. The number of hydrogen-bond donors (Lipinski definition) is 0. The van der Waals surface area contributed by atoms with Crippen LogP contribution in [0, 0.1) is 0 Å². The van der Waals surface area contributed by atoms with E-state index in [1.165, 1.54) is 36.8 Å². The van der Waals surface area contributed by atoms with Crippen molar-refractivity contribution >= 4 is 0 Å². The lowest BCUT2D eigenvalue weighted by Crippen LogP contribution is -1.91. The van der Waals surface area contributed by atoms with Crippen LogP contribution in [0.4, 0.5) is 0 Å². The van der Waals surface area contributed by atoms with Gasteiger partial charge >= 0.3 is 0 Å². The summed E-state index contributed by atoms with van der Waals surface area (Å²) < 4.78 is 11.7. The fourth-order valence-corrected chi connectivity index (χ4v) is 2.37. The normalized spacial score (nSPS) is 12.3. The number of ether oxygens (including phenoxy) is 2. The lowest BCUT2D eigenvalue weighted by atomic mass is 10.1. The molecule has 24 heavy (non-hydrogen) atoms. The Morgan fingerprint density at radius 1 is 0.792 bits per heavy atom. The second kappa shape index (κ2) is 12.7. The Labute approximate surface area is 148 Å². The Kier molecular flexibility index (Phi) is 10.8. The number of unbranched alkanes of at least 4 members (excludes halogenated alkanes) is 2. The summed E-state index contributed by atoms with van der Waals surface area (Å²) in [6, 6.07) is 7.87. The minimum atomic E-state index is 0.829. The van der Waals surface area contributed by atoms with Gasteiger partial charge in [-0.3, -0.25) is 0 Å². The van der Waals surface area contributed by atoms with E-state index in [2.05, 4.69) is 27.7 Å². The maximum absolute atomic E-state index is 5.83. The molecule has 0 radical (unpaired) electrons. The van der Waals surface area contributed by atoms with Crippen molar-refractivity contribution in [1.29, 1.82) is 0 Å². The van der Waals surface area contributed by atoms with Crippen LogP contribution in [0.2, 0.25) is 0 Å². The first-order valence-corrected chi connectivity index (χ1v) is 9.52. The number of hydrogen-bond acceptors (Lipinski definition) is 2. The molecule has 0 aliphatic rings. The molecule has 0 saturated heterocycles. The summed E-state index contributed by atoms with van der Waals surface area (Å²) in [7, 11) is 0. The van der Waals surface area contributed by atoms with Crippen LogP contribution in [-0.4, -0.2) is 0 Å². The predicted octanol–water partition coefficient (Wildman–Crippen LogP) is 7.41. The summed E-state index contributed by atoms with van der Waals surface area (Å²) >= 11 is 0. The van der Waals surface area contributed by atoms with Crippen LogP contribution in [-0.2, 0) is 0 Å². The molecule has 0 aromatic heterocycles. The Balaban J connectivity index is 2.65. The van der Waals surface area contributed by atoms with E-state index in [0.29, 0.717) is 0 Å². The quantitative estimate of drug-likeness (QED) is 0.371. The molecule has 2 nitrogen and oxygen atoms in total. The molecule has 0 aliphatic heterocycles. The third-order valence-electron chi connectivity index (χ3n) is 4.14. The van der Waals surface area contributed by atoms with Crippen molar-refractivity contribution in [3.63, 3.8) is 0 Å². The van der Waals surface area contributed by atoms with Gasteiger partial charge in [-0.2, -0.15) is 0 Å². The average molecular weight is 331 g/mol. The van der Waals surface area contributed by atoms with Crippen molar-refractivity contribution in [3.05, 3.63) is 47.9 Å². The van der Waals surface area contributed by atoms with Crippen molar-refractivity contribution in [2.24, 2.45) is 0 Å². The molecular formula is C22H34O2. The summed E-state index contributed by atoms with van der Waals surface area (Å²) in [4.78, 5) is 0. The summed E-state index contributed by atoms with van der Waals surface area (Å²) in [5.41, 5.74) is 2.71. The highest BCUT2D eigenvalue weighted by atomic mass is 16.5. The van der Waals surface area contributed by atoms with E-state index < -0.39 is 0 Å². The van der Waals surface area contributed by atoms with E-state index in [1.54, 1.807) is 0 Å². The van der Waals surface area contributed by atoms with Gasteiger partial charge in [-0.1, -0.05) is 46.6 Å². The molecule has 0 spiro atoms. The fraction of sp³-hybridized carbons (Fsp3) is 0.545. The van der Waals surface area contributed by atoms with Crippen LogP contribution in [0.15, 0.2) is 47.9 Å². The van der Waals surface area contributed by atoms with Gasteiger partial charge in [0.25, 0.3) is 0 Å². The van der Waals surface area contributed by atoms with E-state index in [0.717, 1.165) is 37.2 Å². The molecule has 0 amide bonds. The number of benzene rings is 1. The molecule has 1 aromatic rings. The molecule has 134 valence electrons. The van der Waals surface area contributed by atoms with Crippen LogP contribution < -0.4 is 9.47 Å². The van der Waals surface area contributed by atoms with Gasteiger partial charge in [-0.05, 0) is 61.8 Å². The summed E-state index contributed by atoms with van der Waals surface area (Å²) in [6.07, 6.45) is 13.0. The maximum atomic E-state index is 5.83. The first-order chi connectivity index (χ1) is 11.7. The van der Waals surface area contributed by atoms with Gasteiger partial charge in [0, 0.05) is 6.07 Å². The predicted molar refractivity (Wildman–Crippen MR) is 103 cm³/mol. The molecule has 1 aromatic carbocycles. The number of rotatable bonds is 12. The smallest absolute Gasteiger partial charge is 0.130 e. The minimum absolute atomic E-state index is 0.829. The van der Waals surface area contributed by atoms with Crippen molar-refractivity contribution in [2.75, 3.05) is 0 Å². The zero-order valence-electron chi connectivity index (χ0n) is 15.9. The van der Waals surface area contributed by atoms with Crippen molar-refractivity contribution in [1.82, 2.24) is 0 Å². The van der Waals surface area contributed by atoms with Gasteiger partial charge in [0.1, 0.15) is 11.5 Å². The van der Waals surface area contributed by atoms with E-state index in [1.807, 2.05) is 36.8 Å². The highest BCUT2D eigenvalue weighted by Gasteiger charge is 2.00. The Morgan fingerprint density at radius 3 is 1.62 bits per heavy atom. The summed E-state index contributed by atoms with van der Waals surface area (Å²) in [6.45, 7) is 8.79. The van der Waals surface area contributed by atoms with E-state index in [9.17, 15) is 0 Å². The molecule has 0 bridgehead atoms. The minimum Gasteiger partial charge on any atom is -0.465 e. The molecule has 2 heteroatoms. The molecular weight excluding hydrogens is 296 g/mol. The average Bonchev–Trinajstić information content (AvgIpc) is 2.62. The Morgan fingerprint density at radius 2 is 1.25 bits per heavy atom. The van der Waals surface area contributed by atoms with Crippen LogP contribution in [0.25, 0.3) is 0 Å². The van der Waals surface area contributed by atoms with Crippen LogP contribution in [0.3, 0.4) is 0 Å². The van der Waals surface area contributed by atoms with Gasteiger partial charge < -0.3 is 9.47 Å². The van der Waals surface area contributed by atoms with Crippen molar-refractivity contribution < 1.29 is 9.47 Å². The van der Waals surface area contributed by atoms with Crippen molar-refractivity contribution in [3.8, 4) is 11.5 Å². The SMILES string of the molecule is CCCCC(=COc1cccc(OC=C(CC)CCCC)c1)CC. The lowest BCUT2D eigenvalue weighted by Gasteiger charge is -2.08. The first-order valence-electron chi connectivity index (χ1n) is 9.52. The largest absolute Gasteiger partial charge is 0.465 e. The molecule has 0 atom stereocenters. The third kappa shape index (κ3) is 8.24. The first kappa shape index (κ1) is 20.3. The van der Waals surface area contributed by atoms with E-state index in [-0.39, 0.29) is 0 Å². The van der Waals surface area contributed by atoms with Crippen molar-refractivity contribution in [2.45, 2.75) is 79.1 Å². The monoisotopic (exact) mass is 330 g/mol. The highest BCUT2D eigenvalue weighted by molar-refractivity contribution is 5.34. The van der Waals surface area contributed by atoms with Gasteiger partial charge in [-0.15, -0.1) is 0 Å². The summed E-state index contributed by atoms with van der Waals surface area (Å²) in [5.74, 6) is 1.66. The molecule has 0 fully saturated rings. The van der Waals surface area contributed by atoms with Gasteiger partial charge in [0.05, 0.1) is 12.5 Å². The molecule has 0 unspecified atom stereocenters. The zero-order chi connectivity index (χ0) is 17.6. The fourth-order valence-electron chi connectivity index (χ4n) is 2.37. The van der Waals surface area contributed by atoms with Gasteiger partial charge in [0.2, 0.25) is 0 Å². The topological polar surface area (TPSA) is 18.5 Å². The van der Waals surface area contributed by atoms with E-state index in [4.69, 9.17) is 9.47 Å². The zero-order valence-corrected chi connectivity index (χ0v) is 15.9. The second-order valence-corrected chi connectivity index (χ2v) is 6.18. The molecule has 0 saturated carbocycles. The third-order valence-corrected chi connectivity index (χ3v) is 4.14. The Hall–Kier alpha value is -1.70. The van der Waals surface area contributed by atoms with Gasteiger partial charge in [-0.25, -0.2) is 0 Å². The molecule has 0 heterocycles. The lowest BCUT2D eigenvalue weighted by molar-refractivity contribution is 0.448. The molecule has 0 aliphatic carbocycles. The number of allylic oxidation sites excluding steroid dienone is 2. The van der Waals surface area contributed by atoms with E-state index >= 15 is 0 Å². The molecule has 1 rings (SSSR count). The maximum Gasteiger partial charge on any atom is 0.130 e.